The van der Waals surface area contributed by atoms with Crippen molar-refractivity contribution < 1.29 is 17.9 Å². The number of aromatic nitrogens is 2. The number of methoxy groups -OCH3 is 1. The molecule has 3 aromatic rings. The molecule has 8 heteroatoms. The zero-order valence-corrected chi connectivity index (χ0v) is 18.1. The molecular formula is C22H23N3O4S. The summed E-state index contributed by atoms with van der Waals surface area (Å²) in [5.74, 6) is 1.24. The van der Waals surface area contributed by atoms with Crippen molar-refractivity contribution in [3.8, 4) is 17.0 Å². The second kappa shape index (κ2) is 6.98. The Kier molecular flexibility index (Phi) is 4.69. The van der Waals surface area contributed by atoms with E-state index in [1.165, 1.54) is 6.26 Å². The summed E-state index contributed by atoms with van der Waals surface area (Å²) >= 11 is 0. The Labute approximate surface area is 175 Å². The van der Waals surface area contributed by atoms with Crippen LogP contribution in [0.4, 0.5) is 5.95 Å². The number of carbonyl (C=O) groups is 1. The summed E-state index contributed by atoms with van der Waals surface area (Å²) in [7, 11) is 0.0452. The summed E-state index contributed by atoms with van der Waals surface area (Å²) in [6.45, 7) is 1.90. The van der Waals surface area contributed by atoms with Gasteiger partial charge in [-0.1, -0.05) is 24.3 Å². The molecule has 0 saturated heterocycles. The van der Waals surface area contributed by atoms with Crippen LogP contribution < -0.4 is 9.64 Å². The molecule has 30 heavy (non-hydrogen) atoms. The Bertz CT molecular complexity index is 1230. The van der Waals surface area contributed by atoms with E-state index in [0.29, 0.717) is 12.4 Å². The van der Waals surface area contributed by atoms with Gasteiger partial charge in [0.2, 0.25) is 5.95 Å². The lowest BCUT2D eigenvalue weighted by Gasteiger charge is -2.26. The third-order valence-electron chi connectivity index (χ3n) is 5.56. The van der Waals surface area contributed by atoms with E-state index < -0.39 is 15.4 Å². The summed E-state index contributed by atoms with van der Waals surface area (Å²) in [6, 6.07) is 14.3. The molecule has 2 aromatic carbocycles. The fraction of sp³-hybridized carbons (Fsp3) is 0.273. The molecule has 1 amide bonds. The topological polar surface area (TPSA) is 81.5 Å². The average Bonchev–Trinajstić information content (AvgIpc) is 3.24. The van der Waals surface area contributed by atoms with Crippen molar-refractivity contribution in [3.05, 3.63) is 60.3 Å². The first kappa shape index (κ1) is 20.2. The maximum Gasteiger partial charge on any atom is 0.255 e. The number of nitrogens with zero attached hydrogens (tertiary/aromatic N) is 3. The molecule has 1 unspecified atom stereocenters. The van der Waals surface area contributed by atoms with Crippen LogP contribution in [0.1, 0.15) is 12.5 Å². The second-order valence-corrected chi connectivity index (χ2v) is 9.76. The molecule has 0 fully saturated rings. The summed E-state index contributed by atoms with van der Waals surface area (Å²) in [6.07, 6.45) is 3.36. The SMILES string of the molecule is COc1cccc(CC2(C)C(=O)N(C)c3ncc(-c4ccc(S(C)(=O)=O)cc4)n32)c1. The molecule has 1 aliphatic heterocycles. The Balaban J connectivity index is 1.80. The zero-order valence-electron chi connectivity index (χ0n) is 17.3. The molecule has 1 aliphatic rings. The smallest absolute Gasteiger partial charge is 0.255 e. The van der Waals surface area contributed by atoms with Crippen molar-refractivity contribution in [1.82, 2.24) is 9.55 Å². The summed E-state index contributed by atoms with van der Waals surface area (Å²) in [5, 5.41) is 0. The Morgan fingerprint density at radius 1 is 1.13 bits per heavy atom. The Hall–Kier alpha value is -3.13. The molecule has 1 atom stereocenters. The number of sulfone groups is 1. The molecule has 0 radical (unpaired) electrons. The van der Waals surface area contributed by atoms with Crippen LogP contribution in [-0.2, 0) is 26.6 Å². The van der Waals surface area contributed by atoms with Gasteiger partial charge in [-0.25, -0.2) is 13.4 Å². The lowest BCUT2D eigenvalue weighted by atomic mass is 9.91. The van der Waals surface area contributed by atoms with Crippen LogP contribution in [0.3, 0.4) is 0 Å². The molecule has 7 nitrogen and oxygen atoms in total. The minimum Gasteiger partial charge on any atom is -0.497 e. The fourth-order valence-corrected chi connectivity index (χ4v) is 4.65. The highest BCUT2D eigenvalue weighted by Gasteiger charge is 2.48. The number of likely N-dealkylation sites (N-methyl/N-ethyl adjacent to an activating group) is 1. The van der Waals surface area contributed by atoms with E-state index in [1.807, 2.05) is 35.8 Å². The quantitative estimate of drug-likeness (QED) is 0.628. The maximum atomic E-state index is 13.2. The molecular weight excluding hydrogens is 402 g/mol. The van der Waals surface area contributed by atoms with Crippen LogP contribution in [0.5, 0.6) is 5.75 Å². The zero-order chi connectivity index (χ0) is 21.7. The third-order valence-corrected chi connectivity index (χ3v) is 6.69. The summed E-state index contributed by atoms with van der Waals surface area (Å²) < 4.78 is 30.8. The number of imidazole rings is 1. The third kappa shape index (κ3) is 3.17. The van der Waals surface area contributed by atoms with Gasteiger partial charge in [-0.05, 0) is 42.3 Å². The van der Waals surface area contributed by atoms with Gasteiger partial charge in [-0.2, -0.15) is 0 Å². The number of hydrogen-bond acceptors (Lipinski definition) is 5. The number of anilines is 1. The van der Waals surface area contributed by atoms with Crippen molar-refractivity contribution >= 4 is 21.7 Å². The highest BCUT2D eigenvalue weighted by atomic mass is 32.2. The number of fused-ring (bicyclic) bond motifs is 1. The predicted octanol–water partition coefficient (Wildman–Crippen LogP) is 2.90. The van der Waals surface area contributed by atoms with E-state index >= 15 is 0 Å². The Morgan fingerprint density at radius 2 is 1.83 bits per heavy atom. The highest BCUT2D eigenvalue weighted by molar-refractivity contribution is 7.90. The molecule has 1 aromatic heterocycles. The lowest BCUT2D eigenvalue weighted by Crippen LogP contribution is -2.41. The van der Waals surface area contributed by atoms with Gasteiger partial charge in [0, 0.05) is 19.7 Å². The van der Waals surface area contributed by atoms with Gasteiger partial charge in [0.25, 0.3) is 5.91 Å². The van der Waals surface area contributed by atoms with Gasteiger partial charge in [0.15, 0.2) is 9.84 Å². The average molecular weight is 426 g/mol. The number of rotatable bonds is 5. The number of benzene rings is 2. The van der Waals surface area contributed by atoms with Gasteiger partial charge < -0.3 is 4.74 Å². The van der Waals surface area contributed by atoms with E-state index in [1.54, 1.807) is 49.5 Å². The van der Waals surface area contributed by atoms with E-state index in [-0.39, 0.29) is 10.8 Å². The number of ether oxygens (including phenoxy) is 1. The number of hydrogen-bond donors (Lipinski definition) is 0. The van der Waals surface area contributed by atoms with Crippen molar-refractivity contribution in [2.75, 3.05) is 25.3 Å². The maximum absolute atomic E-state index is 13.2. The van der Waals surface area contributed by atoms with Crippen LogP contribution in [0.15, 0.2) is 59.6 Å². The summed E-state index contributed by atoms with van der Waals surface area (Å²) in [4.78, 5) is 19.5. The fourth-order valence-electron chi connectivity index (χ4n) is 4.02. The molecule has 0 spiro atoms. The van der Waals surface area contributed by atoms with Crippen LogP contribution in [0.25, 0.3) is 11.3 Å². The minimum atomic E-state index is -3.28. The lowest BCUT2D eigenvalue weighted by molar-refractivity contribution is -0.124. The first-order valence-corrected chi connectivity index (χ1v) is 11.3. The van der Waals surface area contributed by atoms with Crippen molar-refractivity contribution in [1.29, 1.82) is 0 Å². The molecule has 0 saturated carbocycles. The van der Waals surface area contributed by atoms with E-state index in [0.717, 1.165) is 22.6 Å². The number of amides is 1. The van der Waals surface area contributed by atoms with Crippen LogP contribution in [0.2, 0.25) is 0 Å². The van der Waals surface area contributed by atoms with Crippen LogP contribution in [-0.4, -0.2) is 44.3 Å². The van der Waals surface area contributed by atoms with Crippen molar-refractivity contribution in [3.63, 3.8) is 0 Å². The second-order valence-electron chi connectivity index (χ2n) is 7.74. The van der Waals surface area contributed by atoms with Gasteiger partial charge in [-0.3, -0.25) is 14.3 Å². The predicted molar refractivity (Wildman–Crippen MR) is 115 cm³/mol. The van der Waals surface area contributed by atoms with E-state index in [4.69, 9.17) is 4.74 Å². The molecule has 0 bridgehead atoms. The van der Waals surface area contributed by atoms with Crippen molar-refractivity contribution in [2.24, 2.45) is 0 Å². The minimum absolute atomic E-state index is 0.0533. The normalized spacial score (nSPS) is 18.5. The molecule has 156 valence electrons. The van der Waals surface area contributed by atoms with Crippen LogP contribution in [0, 0.1) is 0 Å². The summed E-state index contributed by atoms with van der Waals surface area (Å²) in [5.41, 5.74) is 1.64. The van der Waals surface area contributed by atoms with Gasteiger partial charge >= 0.3 is 0 Å². The molecule has 2 heterocycles. The monoisotopic (exact) mass is 425 g/mol. The van der Waals surface area contributed by atoms with Crippen molar-refractivity contribution in [2.45, 2.75) is 23.8 Å². The standard InChI is InChI=1S/C22H23N3O4S/c1-22(13-15-6-5-7-17(12-15)29-3)20(26)24(2)21-23-14-19(25(21)22)16-8-10-18(11-9-16)30(4,27)28/h5-12,14H,13H2,1-4H3. The van der Waals surface area contributed by atoms with E-state index in [2.05, 4.69) is 4.98 Å². The van der Waals surface area contributed by atoms with E-state index in [9.17, 15) is 13.2 Å². The Morgan fingerprint density at radius 3 is 2.47 bits per heavy atom. The molecule has 0 N–H and O–H groups in total. The molecule has 0 aliphatic carbocycles. The number of carbonyl (C=O) groups excluding carboxylic acids is 1. The molecule has 4 rings (SSSR count). The first-order valence-electron chi connectivity index (χ1n) is 9.45. The van der Waals surface area contributed by atoms with Crippen LogP contribution >= 0.6 is 0 Å². The highest BCUT2D eigenvalue weighted by Crippen LogP contribution is 2.41. The van der Waals surface area contributed by atoms with Gasteiger partial charge in [0.05, 0.1) is 23.9 Å². The van der Waals surface area contributed by atoms with Gasteiger partial charge in [-0.15, -0.1) is 0 Å². The van der Waals surface area contributed by atoms with Gasteiger partial charge in [0.1, 0.15) is 11.3 Å². The first-order chi connectivity index (χ1) is 14.1. The largest absolute Gasteiger partial charge is 0.497 e.